The predicted octanol–water partition coefficient (Wildman–Crippen LogP) is 2.41. The van der Waals surface area contributed by atoms with Crippen LogP contribution < -0.4 is 5.73 Å². The van der Waals surface area contributed by atoms with Gasteiger partial charge in [0, 0.05) is 11.6 Å². The molecule has 0 aliphatic heterocycles. The molecule has 0 spiro atoms. The minimum absolute atomic E-state index is 0.284. The van der Waals surface area contributed by atoms with Crippen molar-refractivity contribution in [2.75, 3.05) is 6.61 Å². The third-order valence-corrected chi connectivity index (χ3v) is 2.82. The number of hydrogen-bond donors (Lipinski definition) is 1. The number of hydrogen-bond acceptors (Lipinski definition) is 3. The Kier molecular flexibility index (Phi) is 4.23. The molecule has 94 valence electrons. The van der Waals surface area contributed by atoms with E-state index in [4.69, 9.17) is 10.5 Å². The van der Waals surface area contributed by atoms with Crippen molar-refractivity contribution >= 4 is 5.97 Å². The van der Waals surface area contributed by atoms with E-state index in [9.17, 15) is 9.18 Å². The Bertz CT molecular complexity index is 404. The van der Waals surface area contributed by atoms with Gasteiger partial charge in [0.15, 0.2) is 0 Å². The summed E-state index contributed by atoms with van der Waals surface area (Å²) in [7, 11) is 0. The summed E-state index contributed by atoms with van der Waals surface area (Å²) in [5.41, 5.74) is 5.33. The molecule has 1 atom stereocenters. The molecule has 4 heteroatoms. The van der Waals surface area contributed by atoms with E-state index in [0.717, 1.165) is 0 Å². The lowest BCUT2D eigenvalue weighted by Crippen LogP contribution is -2.38. The van der Waals surface area contributed by atoms with Crippen LogP contribution >= 0.6 is 0 Å². The Morgan fingerprint density at radius 1 is 1.47 bits per heavy atom. The summed E-state index contributed by atoms with van der Waals surface area (Å²) in [5.74, 6) is -0.826. The molecule has 0 unspecified atom stereocenters. The summed E-state index contributed by atoms with van der Waals surface area (Å²) >= 11 is 0. The molecule has 0 amide bonds. The van der Waals surface area contributed by atoms with Gasteiger partial charge >= 0.3 is 5.97 Å². The Morgan fingerprint density at radius 2 is 2.06 bits per heavy atom. The summed E-state index contributed by atoms with van der Waals surface area (Å²) in [4.78, 5) is 11.8. The quantitative estimate of drug-likeness (QED) is 0.821. The molecule has 0 bridgehead atoms. The van der Waals surface area contributed by atoms with E-state index in [1.807, 2.05) is 0 Å². The first-order valence-corrected chi connectivity index (χ1v) is 5.58. The molecule has 1 aromatic rings. The van der Waals surface area contributed by atoms with Crippen LogP contribution in [0.4, 0.5) is 4.39 Å². The molecule has 0 saturated heterocycles. The Labute approximate surface area is 101 Å². The number of rotatable bonds is 4. The average Bonchev–Trinajstić information content (AvgIpc) is 2.29. The van der Waals surface area contributed by atoms with Crippen molar-refractivity contribution in [1.29, 1.82) is 0 Å². The van der Waals surface area contributed by atoms with Gasteiger partial charge in [-0.15, -0.1) is 0 Å². The molecule has 0 aliphatic carbocycles. The molecule has 0 fully saturated rings. The molecule has 0 saturated carbocycles. The lowest BCUT2D eigenvalue weighted by molar-refractivity contribution is -0.154. The standard InChI is InChI=1S/C13H18FNO2/c1-4-17-12(16)13(2,3)11(15)9-7-5-6-8-10(9)14/h5-8,11H,4,15H2,1-3H3/t11-/m0/s1. The fourth-order valence-corrected chi connectivity index (χ4v) is 1.56. The van der Waals surface area contributed by atoms with E-state index in [-0.39, 0.29) is 6.61 Å². The first kappa shape index (κ1) is 13.6. The summed E-state index contributed by atoms with van der Waals surface area (Å²) in [6.07, 6.45) is 0. The zero-order valence-corrected chi connectivity index (χ0v) is 10.4. The number of nitrogens with two attached hydrogens (primary N) is 1. The van der Waals surface area contributed by atoms with Crippen LogP contribution in [0.15, 0.2) is 24.3 Å². The molecule has 2 N–H and O–H groups in total. The second kappa shape index (κ2) is 5.27. The maximum atomic E-state index is 13.6. The first-order valence-electron chi connectivity index (χ1n) is 5.58. The van der Waals surface area contributed by atoms with Crippen LogP contribution in [-0.2, 0) is 9.53 Å². The van der Waals surface area contributed by atoms with Crippen LogP contribution in [0.1, 0.15) is 32.4 Å². The molecule has 0 aromatic heterocycles. The van der Waals surface area contributed by atoms with E-state index >= 15 is 0 Å². The minimum atomic E-state index is -0.960. The highest BCUT2D eigenvalue weighted by Crippen LogP contribution is 2.33. The number of carbonyl (C=O) groups excluding carboxylic acids is 1. The number of carbonyl (C=O) groups is 1. The fourth-order valence-electron chi connectivity index (χ4n) is 1.56. The highest BCUT2D eigenvalue weighted by atomic mass is 19.1. The average molecular weight is 239 g/mol. The van der Waals surface area contributed by atoms with E-state index in [2.05, 4.69) is 0 Å². The van der Waals surface area contributed by atoms with Crippen molar-refractivity contribution in [3.63, 3.8) is 0 Å². The second-order valence-corrected chi connectivity index (χ2v) is 4.44. The van der Waals surface area contributed by atoms with E-state index in [1.165, 1.54) is 6.07 Å². The van der Waals surface area contributed by atoms with Gasteiger partial charge in [-0.1, -0.05) is 18.2 Å². The van der Waals surface area contributed by atoms with Gasteiger partial charge in [-0.05, 0) is 26.8 Å². The number of ether oxygens (including phenoxy) is 1. The zero-order chi connectivity index (χ0) is 13.1. The number of esters is 1. The minimum Gasteiger partial charge on any atom is -0.466 e. The fraction of sp³-hybridized carbons (Fsp3) is 0.462. The van der Waals surface area contributed by atoms with Crippen molar-refractivity contribution in [3.05, 3.63) is 35.6 Å². The van der Waals surface area contributed by atoms with Crippen LogP contribution in [0.3, 0.4) is 0 Å². The first-order chi connectivity index (χ1) is 7.91. The second-order valence-electron chi connectivity index (χ2n) is 4.44. The third-order valence-electron chi connectivity index (χ3n) is 2.82. The van der Waals surface area contributed by atoms with Gasteiger partial charge in [0.25, 0.3) is 0 Å². The van der Waals surface area contributed by atoms with Crippen LogP contribution in [0.25, 0.3) is 0 Å². The van der Waals surface area contributed by atoms with Gasteiger partial charge < -0.3 is 10.5 Å². The van der Waals surface area contributed by atoms with Gasteiger partial charge in [0.2, 0.25) is 0 Å². The van der Waals surface area contributed by atoms with Crippen LogP contribution in [0.2, 0.25) is 0 Å². The third kappa shape index (κ3) is 2.82. The molecule has 0 aliphatic rings. The zero-order valence-electron chi connectivity index (χ0n) is 10.4. The maximum Gasteiger partial charge on any atom is 0.313 e. The summed E-state index contributed by atoms with van der Waals surface area (Å²) < 4.78 is 18.5. The number of halogens is 1. The molecule has 1 aromatic carbocycles. The molecular formula is C13H18FNO2. The maximum absolute atomic E-state index is 13.6. The van der Waals surface area contributed by atoms with Gasteiger partial charge in [-0.3, -0.25) is 4.79 Å². The summed E-state index contributed by atoms with van der Waals surface area (Å²) in [6, 6.07) is 5.46. The molecular weight excluding hydrogens is 221 g/mol. The van der Waals surface area contributed by atoms with Gasteiger partial charge in [-0.2, -0.15) is 0 Å². The smallest absolute Gasteiger partial charge is 0.313 e. The molecule has 0 heterocycles. The lowest BCUT2D eigenvalue weighted by atomic mass is 9.81. The summed E-state index contributed by atoms with van der Waals surface area (Å²) in [6.45, 7) is 5.32. The molecule has 1 rings (SSSR count). The van der Waals surface area contributed by atoms with Crippen molar-refractivity contribution < 1.29 is 13.9 Å². The van der Waals surface area contributed by atoms with E-state index in [0.29, 0.717) is 5.56 Å². The number of benzene rings is 1. The van der Waals surface area contributed by atoms with Crippen molar-refractivity contribution in [1.82, 2.24) is 0 Å². The molecule has 3 nitrogen and oxygen atoms in total. The molecule has 0 radical (unpaired) electrons. The van der Waals surface area contributed by atoms with Crippen molar-refractivity contribution in [2.45, 2.75) is 26.8 Å². The highest BCUT2D eigenvalue weighted by Gasteiger charge is 2.37. The van der Waals surface area contributed by atoms with Crippen LogP contribution in [0.5, 0.6) is 0 Å². The monoisotopic (exact) mass is 239 g/mol. The van der Waals surface area contributed by atoms with Crippen LogP contribution in [-0.4, -0.2) is 12.6 Å². The normalized spacial score (nSPS) is 13.2. The van der Waals surface area contributed by atoms with Gasteiger partial charge in [0.05, 0.1) is 12.0 Å². The van der Waals surface area contributed by atoms with Gasteiger partial charge in [-0.25, -0.2) is 4.39 Å². The van der Waals surface area contributed by atoms with Crippen molar-refractivity contribution in [3.8, 4) is 0 Å². The SMILES string of the molecule is CCOC(=O)C(C)(C)[C@@H](N)c1ccccc1F. The van der Waals surface area contributed by atoms with Crippen molar-refractivity contribution in [2.24, 2.45) is 11.1 Å². The largest absolute Gasteiger partial charge is 0.466 e. The Hall–Kier alpha value is -1.42. The van der Waals surface area contributed by atoms with Crippen LogP contribution in [0, 0.1) is 11.2 Å². The predicted molar refractivity (Wildman–Crippen MR) is 63.7 cm³/mol. The van der Waals surface area contributed by atoms with E-state index in [1.54, 1.807) is 39.0 Å². The lowest BCUT2D eigenvalue weighted by Gasteiger charge is -2.29. The Morgan fingerprint density at radius 3 is 2.59 bits per heavy atom. The summed E-state index contributed by atoms with van der Waals surface area (Å²) in [5, 5.41) is 0. The topological polar surface area (TPSA) is 52.3 Å². The van der Waals surface area contributed by atoms with Gasteiger partial charge in [0.1, 0.15) is 5.82 Å². The Balaban J connectivity index is 3.00. The highest BCUT2D eigenvalue weighted by molar-refractivity contribution is 5.77. The molecule has 17 heavy (non-hydrogen) atoms. The van der Waals surface area contributed by atoms with E-state index < -0.39 is 23.2 Å².